The number of benzene rings is 1. The van der Waals surface area contributed by atoms with E-state index < -0.39 is 6.03 Å². The molecular weight excluding hydrogens is 416 g/mol. The Kier molecular flexibility index (Phi) is 7.05. The molecule has 0 unspecified atom stereocenters. The van der Waals surface area contributed by atoms with Crippen molar-refractivity contribution in [1.29, 1.82) is 0 Å². The van der Waals surface area contributed by atoms with E-state index in [0.29, 0.717) is 48.4 Å². The normalized spacial score (nSPS) is 14.3. The summed E-state index contributed by atoms with van der Waals surface area (Å²) < 4.78 is 5.04. The summed E-state index contributed by atoms with van der Waals surface area (Å²) in [5.74, 6) is -0.579. The first-order valence-electron chi connectivity index (χ1n) is 9.21. The van der Waals surface area contributed by atoms with Gasteiger partial charge >= 0.3 is 12.0 Å². The van der Waals surface area contributed by atoms with E-state index in [2.05, 4.69) is 15.6 Å². The van der Waals surface area contributed by atoms with Crippen molar-refractivity contribution >= 4 is 51.7 Å². The lowest BCUT2D eigenvalue weighted by Crippen LogP contribution is -2.40. The highest BCUT2D eigenvalue weighted by Crippen LogP contribution is 2.22. The number of aromatic nitrogens is 1. The number of ether oxygens (including phenoxy) is 1. The van der Waals surface area contributed by atoms with E-state index in [1.807, 2.05) is 0 Å². The predicted octanol–water partition coefficient (Wildman–Crippen LogP) is 3.86. The number of piperidine rings is 1. The minimum Gasteiger partial charge on any atom is -0.466 e. The minimum absolute atomic E-state index is 0.164. The number of nitrogens with zero attached hydrogens (tertiary/aromatic N) is 2. The zero-order valence-corrected chi connectivity index (χ0v) is 17.4. The lowest BCUT2D eigenvalue weighted by molar-refractivity contribution is -0.149. The smallest absolute Gasteiger partial charge is 0.325 e. The maximum atomic E-state index is 12.6. The summed E-state index contributed by atoms with van der Waals surface area (Å²) in [6.07, 6.45) is 1.15. The molecule has 0 atom stereocenters. The van der Waals surface area contributed by atoms with Crippen LogP contribution in [0.1, 0.15) is 30.3 Å². The van der Waals surface area contributed by atoms with E-state index in [9.17, 15) is 14.4 Å². The highest BCUT2D eigenvalue weighted by Gasteiger charge is 2.29. The number of anilines is 2. The Labute approximate surface area is 177 Å². The van der Waals surface area contributed by atoms with Crippen LogP contribution in [0.5, 0.6) is 0 Å². The number of rotatable bonds is 5. The van der Waals surface area contributed by atoms with Gasteiger partial charge in [0.2, 0.25) is 0 Å². The van der Waals surface area contributed by atoms with Crippen LogP contribution in [0, 0.1) is 5.92 Å². The zero-order chi connectivity index (χ0) is 20.8. The van der Waals surface area contributed by atoms with Crippen LogP contribution in [-0.4, -0.2) is 47.5 Å². The molecule has 1 aromatic carbocycles. The molecule has 2 N–H and O–H groups in total. The molecule has 0 radical (unpaired) electrons. The molecule has 0 bridgehead atoms. The molecule has 2 heterocycles. The third kappa shape index (κ3) is 5.68. The number of hydrogen-bond acceptors (Lipinski definition) is 6. The fraction of sp³-hybridized carbons (Fsp3) is 0.368. The van der Waals surface area contributed by atoms with Crippen molar-refractivity contribution in [3.63, 3.8) is 0 Å². The van der Waals surface area contributed by atoms with Crippen LogP contribution in [0.2, 0.25) is 5.02 Å². The van der Waals surface area contributed by atoms with Gasteiger partial charge in [0.15, 0.2) is 5.13 Å². The maximum Gasteiger partial charge on any atom is 0.325 e. The summed E-state index contributed by atoms with van der Waals surface area (Å²) in [4.78, 5) is 42.4. The number of carbonyl (C=O) groups is 3. The van der Waals surface area contributed by atoms with Crippen molar-refractivity contribution in [3.05, 3.63) is 40.4 Å². The average molecular weight is 437 g/mol. The first kappa shape index (κ1) is 21.1. The molecule has 3 amide bonds. The van der Waals surface area contributed by atoms with Crippen molar-refractivity contribution in [1.82, 2.24) is 9.88 Å². The molecule has 0 aliphatic carbocycles. The second kappa shape index (κ2) is 9.71. The maximum absolute atomic E-state index is 12.6. The Morgan fingerprint density at radius 3 is 2.55 bits per heavy atom. The molecular formula is C19H21ClN4O4S. The van der Waals surface area contributed by atoms with Gasteiger partial charge in [-0.2, -0.15) is 0 Å². The number of urea groups is 1. The topological polar surface area (TPSA) is 101 Å². The molecule has 1 aromatic heterocycles. The van der Waals surface area contributed by atoms with Crippen molar-refractivity contribution in [2.75, 3.05) is 30.3 Å². The molecule has 1 aliphatic heterocycles. The van der Waals surface area contributed by atoms with E-state index >= 15 is 0 Å². The van der Waals surface area contributed by atoms with Gasteiger partial charge in [0.25, 0.3) is 5.91 Å². The van der Waals surface area contributed by atoms with Gasteiger partial charge in [-0.15, -0.1) is 11.3 Å². The van der Waals surface area contributed by atoms with Gasteiger partial charge in [-0.25, -0.2) is 9.78 Å². The monoisotopic (exact) mass is 436 g/mol. The SMILES string of the molecule is CCOC(=O)C1CCN(C(=O)c2csc(NC(=O)Nc3ccc(Cl)cc3)n2)CC1. The first-order chi connectivity index (χ1) is 14.0. The number of carbonyl (C=O) groups excluding carboxylic acids is 3. The quantitative estimate of drug-likeness (QED) is 0.693. The van der Waals surface area contributed by atoms with Crippen molar-refractivity contribution in [2.24, 2.45) is 5.92 Å². The largest absolute Gasteiger partial charge is 0.466 e. The van der Waals surface area contributed by atoms with Gasteiger partial charge in [0.1, 0.15) is 5.69 Å². The zero-order valence-electron chi connectivity index (χ0n) is 15.8. The molecule has 1 saturated heterocycles. The van der Waals surface area contributed by atoms with E-state index in [1.54, 1.807) is 41.5 Å². The van der Waals surface area contributed by atoms with Gasteiger partial charge < -0.3 is 15.0 Å². The number of hydrogen-bond donors (Lipinski definition) is 2. The lowest BCUT2D eigenvalue weighted by Gasteiger charge is -2.30. The van der Waals surface area contributed by atoms with Crippen LogP contribution in [0.25, 0.3) is 0 Å². The van der Waals surface area contributed by atoms with Gasteiger partial charge in [0.05, 0.1) is 12.5 Å². The summed E-state index contributed by atoms with van der Waals surface area (Å²) >= 11 is 6.99. The number of likely N-dealkylation sites (tertiary alicyclic amines) is 1. The fourth-order valence-electron chi connectivity index (χ4n) is 2.96. The Hall–Kier alpha value is -2.65. The summed E-state index contributed by atoms with van der Waals surface area (Å²) in [7, 11) is 0. The van der Waals surface area contributed by atoms with E-state index in [0.717, 1.165) is 0 Å². The van der Waals surface area contributed by atoms with Gasteiger partial charge in [-0.3, -0.25) is 14.9 Å². The van der Waals surface area contributed by atoms with Crippen LogP contribution in [0.4, 0.5) is 15.6 Å². The Morgan fingerprint density at radius 2 is 1.90 bits per heavy atom. The molecule has 0 spiro atoms. The van der Waals surface area contributed by atoms with Crippen molar-refractivity contribution in [2.45, 2.75) is 19.8 Å². The third-order valence-corrected chi connectivity index (χ3v) is 5.46. The molecule has 3 rings (SSSR count). The van der Waals surface area contributed by atoms with Gasteiger partial charge in [-0.1, -0.05) is 11.6 Å². The first-order valence-corrected chi connectivity index (χ1v) is 10.5. The van der Waals surface area contributed by atoms with E-state index in [1.165, 1.54) is 11.3 Å². The summed E-state index contributed by atoms with van der Waals surface area (Å²) in [5.41, 5.74) is 0.857. The number of nitrogens with one attached hydrogen (secondary N) is 2. The molecule has 0 saturated carbocycles. The minimum atomic E-state index is -0.462. The number of thiazole rings is 1. The van der Waals surface area contributed by atoms with E-state index in [-0.39, 0.29) is 23.5 Å². The van der Waals surface area contributed by atoms with Crippen LogP contribution in [-0.2, 0) is 9.53 Å². The number of halogens is 1. The molecule has 1 aliphatic rings. The Morgan fingerprint density at radius 1 is 1.21 bits per heavy atom. The summed E-state index contributed by atoms with van der Waals surface area (Å²) in [6.45, 7) is 3.08. The molecule has 29 heavy (non-hydrogen) atoms. The molecule has 1 fully saturated rings. The van der Waals surface area contributed by atoms with E-state index in [4.69, 9.17) is 16.3 Å². The third-order valence-electron chi connectivity index (χ3n) is 4.45. The Balaban J connectivity index is 1.51. The highest BCUT2D eigenvalue weighted by molar-refractivity contribution is 7.14. The van der Waals surface area contributed by atoms with Gasteiger partial charge in [-0.05, 0) is 44.0 Å². The molecule has 2 aromatic rings. The molecule has 10 heteroatoms. The Bertz CT molecular complexity index is 879. The second-order valence-corrected chi connectivity index (χ2v) is 7.74. The number of esters is 1. The lowest BCUT2D eigenvalue weighted by atomic mass is 9.97. The molecule has 8 nitrogen and oxygen atoms in total. The second-order valence-electron chi connectivity index (χ2n) is 6.44. The highest BCUT2D eigenvalue weighted by atomic mass is 35.5. The summed E-state index contributed by atoms with van der Waals surface area (Å²) in [5, 5.41) is 7.78. The fourth-order valence-corrected chi connectivity index (χ4v) is 3.77. The standard InChI is InChI=1S/C19H21ClN4O4S/c1-2-28-17(26)12-7-9-24(10-8-12)16(25)15-11-29-19(22-15)23-18(27)21-14-5-3-13(20)4-6-14/h3-6,11-12H,2,7-10H2,1H3,(H2,21,22,23,27). The van der Waals surface area contributed by atoms with Crippen molar-refractivity contribution < 1.29 is 19.1 Å². The number of amides is 3. The van der Waals surface area contributed by atoms with Gasteiger partial charge in [0, 0.05) is 29.2 Å². The van der Waals surface area contributed by atoms with Crippen LogP contribution in [0.3, 0.4) is 0 Å². The summed E-state index contributed by atoms with van der Waals surface area (Å²) in [6, 6.07) is 6.23. The van der Waals surface area contributed by atoms with Crippen LogP contribution >= 0.6 is 22.9 Å². The van der Waals surface area contributed by atoms with Crippen molar-refractivity contribution in [3.8, 4) is 0 Å². The average Bonchev–Trinajstić information content (AvgIpc) is 3.18. The molecule has 154 valence electrons. The van der Waals surface area contributed by atoms with Crippen LogP contribution in [0.15, 0.2) is 29.6 Å². The van der Waals surface area contributed by atoms with Crippen LogP contribution < -0.4 is 10.6 Å². The predicted molar refractivity (Wildman–Crippen MR) is 111 cm³/mol.